The predicted octanol–water partition coefficient (Wildman–Crippen LogP) is 1.79. The van der Waals surface area contributed by atoms with Crippen LogP contribution in [0.2, 0.25) is 0 Å². The predicted molar refractivity (Wildman–Crippen MR) is 61.0 cm³/mol. The quantitative estimate of drug-likeness (QED) is 0.755. The number of carboxylic acid groups (broad SMARTS) is 1. The highest BCUT2D eigenvalue weighted by Crippen LogP contribution is 2.30. The van der Waals surface area contributed by atoms with E-state index in [2.05, 4.69) is 5.32 Å². The SMILES string of the molecule is CC(C)(C)NC(=O)C1CCCCC1C(=O)O. The molecular weight excluding hydrogens is 206 g/mol. The minimum atomic E-state index is -0.839. The molecule has 0 bridgehead atoms. The second-order valence-corrected chi connectivity index (χ2v) is 5.57. The first kappa shape index (κ1) is 13.0. The Morgan fingerprint density at radius 1 is 1.12 bits per heavy atom. The van der Waals surface area contributed by atoms with Crippen LogP contribution >= 0.6 is 0 Å². The summed E-state index contributed by atoms with van der Waals surface area (Å²) in [4.78, 5) is 23.0. The number of rotatable bonds is 2. The van der Waals surface area contributed by atoms with E-state index in [1.165, 1.54) is 0 Å². The van der Waals surface area contributed by atoms with Crippen molar-refractivity contribution in [2.24, 2.45) is 11.8 Å². The molecule has 2 N–H and O–H groups in total. The van der Waals surface area contributed by atoms with Crippen LogP contribution in [0.4, 0.5) is 0 Å². The van der Waals surface area contributed by atoms with Gasteiger partial charge in [0.25, 0.3) is 0 Å². The van der Waals surface area contributed by atoms with Crippen LogP contribution in [0.5, 0.6) is 0 Å². The van der Waals surface area contributed by atoms with E-state index in [0.717, 1.165) is 12.8 Å². The molecule has 0 saturated heterocycles. The average Bonchev–Trinajstić information content (AvgIpc) is 2.15. The molecule has 2 unspecified atom stereocenters. The lowest BCUT2D eigenvalue weighted by Crippen LogP contribution is -2.47. The standard InChI is InChI=1S/C12H21NO3/c1-12(2,3)13-10(14)8-6-4-5-7-9(8)11(15)16/h8-9H,4-7H2,1-3H3,(H,13,14)(H,15,16). The lowest BCUT2D eigenvalue weighted by molar-refractivity contribution is -0.149. The van der Waals surface area contributed by atoms with Gasteiger partial charge < -0.3 is 10.4 Å². The van der Waals surface area contributed by atoms with Gasteiger partial charge in [0, 0.05) is 5.54 Å². The number of aliphatic carboxylic acids is 1. The minimum absolute atomic E-state index is 0.111. The highest BCUT2D eigenvalue weighted by molar-refractivity contribution is 5.85. The van der Waals surface area contributed by atoms with Gasteiger partial charge in [0.2, 0.25) is 5.91 Å². The maximum absolute atomic E-state index is 12.0. The fourth-order valence-electron chi connectivity index (χ4n) is 2.20. The lowest BCUT2D eigenvalue weighted by Gasteiger charge is -2.30. The van der Waals surface area contributed by atoms with E-state index in [4.69, 9.17) is 5.11 Å². The van der Waals surface area contributed by atoms with Crippen LogP contribution in [-0.4, -0.2) is 22.5 Å². The Hall–Kier alpha value is -1.06. The van der Waals surface area contributed by atoms with Crippen molar-refractivity contribution >= 4 is 11.9 Å². The van der Waals surface area contributed by atoms with Crippen molar-refractivity contribution in [3.63, 3.8) is 0 Å². The molecule has 0 radical (unpaired) electrons. The normalized spacial score (nSPS) is 26.2. The molecule has 0 heterocycles. The summed E-state index contributed by atoms with van der Waals surface area (Å²) in [5.41, 5.74) is -0.294. The molecule has 92 valence electrons. The molecule has 1 aliphatic carbocycles. The van der Waals surface area contributed by atoms with Crippen LogP contribution < -0.4 is 5.32 Å². The van der Waals surface area contributed by atoms with Crippen molar-refractivity contribution < 1.29 is 14.7 Å². The summed E-state index contributed by atoms with van der Waals surface area (Å²) in [6.45, 7) is 5.72. The van der Waals surface area contributed by atoms with Gasteiger partial charge in [0.05, 0.1) is 11.8 Å². The monoisotopic (exact) mass is 227 g/mol. The average molecular weight is 227 g/mol. The maximum atomic E-state index is 12.0. The summed E-state index contributed by atoms with van der Waals surface area (Å²) in [6, 6.07) is 0. The highest BCUT2D eigenvalue weighted by atomic mass is 16.4. The smallest absolute Gasteiger partial charge is 0.307 e. The molecule has 0 aromatic carbocycles. The van der Waals surface area contributed by atoms with E-state index in [0.29, 0.717) is 12.8 Å². The van der Waals surface area contributed by atoms with Gasteiger partial charge in [0.15, 0.2) is 0 Å². The van der Waals surface area contributed by atoms with Gasteiger partial charge in [0.1, 0.15) is 0 Å². The summed E-state index contributed by atoms with van der Waals surface area (Å²) in [7, 11) is 0. The van der Waals surface area contributed by atoms with Crippen molar-refractivity contribution in [3.05, 3.63) is 0 Å². The Morgan fingerprint density at radius 3 is 2.06 bits per heavy atom. The molecule has 1 aliphatic rings. The number of nitrogens with one attached hydrogen (secondary N) is 1. The van der Waals surface area contributed by atoms with E-state index in [-0.39, 0.29) is 17.4 Å². The fraction of sp³-hybridized carbons (Fsp3) is 0.833. The van der Waals surface area contributed by atoms with E-state index < -0.39 is 11.9 Å². The zero-order chi connectivity index (χ0) is 12.3. The number of carbonyl (C=O) groups excluding carboxylic acids is 1. The summed E-state index contributed by atoms with van der Waals surface area (Å²) < 4.78 is 0. The van der Waals surface area contributed by atoms with Crippen LogP contribution in [0.25, 0.3) is 0 Å². The molecule has 0 aromatic heterocycles. The van der Waals surface area contributed by atoms with E-state index in [1.54, 1.807) is 0 Å². The molecule has 4 nitrogen and oxygen atoms in total. The van der Waals surface area contributed by atoms with Crippen molar-refractivity contribution in [1.82, 2.24) is 5.32 Å². The fourth-order valence-corrected chi connectivity index (χ4v) is 2.20. The molecule has 1 saturated carbocycles. The Bertz CT molecular complexity index is 280. The highest BCUT2D eigenvalue weighted by Gasteiger charge is 2.36. The van der Waals surface area contributed by atoms with E-state index in [9.17, 15) is 9.59 Å². The Kier molecular flexibility index (Phi) is 3.94. The molecule has 0 aliphatic heterocycles. The van der Waals surface area contributed by atoms with Gasteiger partial charge >= 0.3 is 5.97 Å². The Balaban J connectivity index is 2.68. The zero-order valence-corrected chi connectivity index (χ0v) is 10.2. The van der Waals surface area contributed by atoms with Crippen LogP contribution in [0, 0.1) is 11.8 Å². The summed E-state index contributed by atoms with van der Waals surface area (Å²) in [6.07, 6.45) is 3.18. The second kappa shape index (κ2) is 4.85. The topological polar surface area (TPSA) is 66.4 Å². The van der Waals surface area contributed by atoms with Gasteiger partial charge in [-0.1, -0.05) is 12.8 Å². The molecule has 4 heteroatoms. The number of hydrogen-bond donors (Lipinski definition) is 2. The summed E-state index contributed by atoms with van der Waals surface area (Å²) >= 11 is 0. The minimum Gasteiger partial charge on any atom is -0.481 e. The van der Waals surface area contributed by atoms with Crippen molar-refractivity contribution in [2.45, 2.75) is 52.0 Å². The third kappa shape index (κ3) is 3.51. The van der Waals surface area contributed by atoms with Crippen LogP contribution in [0.3, 0.4) is 0 Å². The number of amides is 1. The van der Waals surface area contributed by atoms with Gasteiger partial charge in [-0.15, -0.1) is 0 Å². The molecule has 0 aromatic rings. The first-order valence-corrected chi connectivity index (χ1v) is 5.86. The Morgan fingerprint density at radius 2 is 1.62 bits per heavy atom. The molecule has 1 fully saturated rings. The van der Waals surface area contributed by atoms with Crippen LogP contribution in [-0.2, 0) is 9.59 Å². The van der Waals surface area contributed by atoms with Gasteiger partial charge in [-0.3, -0.25) is 9.59 Å². The molecule has 1 rings (SSSR count). The molecule has 1 amide bonds. The maximum Gasteiger partial charge on any atom is 0.307 e. The number of hydrogen-bond acceptors (Lipinski definition) is 2. The first-order valence-electron chi connectivity index (χ1n) is 5.86. The molecule has 2 atom stereocenters. The van der Waals surface area contributed by atoms with Crippen LogP contribution in [0.1, 0.15) is 46.5 Å². The third-order valence-corrected chi connectivity index (χ3v) is 2.92. The Labute approximate surface area is 96.4 Å². The van der Waals surface area contributed by atoms with Crippen molar-refractivity contribution in [3.8, 4) is 0 Å². The van der Waals surface area contributed by atoms with Gasteiger partial charge in [-0.05, 0) is 33.6 Å². The largest absolute Gasteiger partial charge is 0.481 e. The lowest BCUT2D eigenvalue weighted by atomic mass is 9.78. The van der Waals surface area contributed by atoms with E-state index >= 15 is 0 Å². The molecular formula is C12H21NO3. The molecule has 0 spiro atoms. The number of carbonyl (C=O) groups is 2. The van der Waals surface area contributed by atoms with Crippen LogP contribution in [0.15, 0.2) is 0 Å². The van der Waals surface area contributed by atoms with Crippen molar-refractivity contribution in [2.75, 3.05) is 0 Å². The first-order chi connectivity index (χ1) is 7.31. The number of carboxylic acids is 1. The zero-order valence-electron chi connectivity index (χ0n) is 10.2. The summed E-state index contributed by atoms with van der Waals surface area (Å²) in [5.74, 6) is -1.81. The molecule has 16 heavy (non-hydrogen) atoms. The van der Waals surface area contributed by atoms with Crippen molar-refractivity contribution in [1.29, 1.82) is 0 Å². The summed E-state index contributed by atoms with van der Waals surface area (Å²) in [5, 5.41) is 11.9. The van der Waals surface area contributed by atoms with E-state index in [1.807, 2.05) is 20.8 Å². The second-order valence-electron chi connectivity index (χ2n) is 5.57. The third-order valence-electron chi connectivity index (χ3n) is 2.92. The van der Waals surface area contributed by atoms with Gasteiger partial charge in [-0.2, -0.15) is 0 Å². The van der Waals surface area contributed by atoms with Gasteiger partial charge in [-0.25, -0.2) is 0 Å².